The third-order valence-corrected chi connectivity index (χ3v) is 4.96. The molecule has 2 atom stereocenters. The first-order chi connectivity index (χ1) is 9.52. The van der Waals surface area contributed by atoms with Gasteiger partial charge in [0.05, 0.1) is 0 Å². The van der Waals surface area contributed by atoms with Gasteiger partial charge < -0.3 is 10.6 Å². The Bertz CT molecular complexity index is 455. The third-order valence-electron chi connectivity index (χ3n) is 4.24. The van der Waals surface area contributed by atoms with Crippen LogP contribution >= 0.6 is 15.9 Å². The standard InChI is InChI=1S/C15H23BrFN3/c1-19-7-3-4-12(19)10-20(2)15(9-18)13-8-11(17)5-6-14(13)16/h5-6,8,12,15H,3-4,7,9-10,18H2,1-2H3. The Labute approximate surface area is 129 Å². The first-order valence-corrected chi connectivity index (χ1v) is 7.87. The van der Waals surface area contributed by atoms with Gasteiger partial charge in [0.1, 0.15) is 5.82 Å². The fourth-order valence-corrected chi connectivity index (χ4v) is 3.49. The lowest BCUT2D eigenvalue weighted by molar-refractivity contribution is 0.179. The Morgan fingerprint density at radius 2 is 2.30 bits per heavy atom. The SMILES string of the molecule is CN1CCCC1CN(C)C(CN)c1cc(F)ccc1Br. The molecule has 1 saturated heterocycles. The summed E-state index contributed by atoms with van der Waals surface area (Å²) >= 11 is 3.51. The van der Waals surface area contributed by atoms with Crippen molar-refractivity contribution in [2.45, 2.75) is 24.9 Å². The second-order valence-electron chi connectivity index (χ2n) is 5.63. The highest BCUT2D eigenvalue weighted by molar-refractivity contribution is 9.10. The van der Waals surface area contributed by atoms with E-state index in [1.807, 2.05) is 0 Å². The first-order valence-electron chi connectivity index (χ1n) is 7.08. The quantitative estimate of drug-likeness (QED) is 0.891. The summed E-state index contributed by atoms with van der Waals surface area (Å²) in [5, 5.41) is 0. The summed E-state index contributed by atoms with van der Waals surface area (Å²) < 4.78 is 14.4. The van der Waals surface area contributed by atoms with Gasteiger partial charge in [0, 0.05) is 29.6 Å². The van der Waals surface area contributed by atoms with E-state index in [9.17, 15) is 4.39 Å². The maximum Gasteiger partial charge on any atom is 0.123 e. The minimum Gasteiger partial charge on any atom is -0.329 e. The second kappa shape index (κ2) is 6.98. The minimum atomic E-state index is -0.215. The van der Waals surface area contributed by atoms with Crippen molar-refractivity contribution in [3.63, 3.8) is 0 Å². The molecule has 0 amide bonds. The minimum absolute atomic E-state index is 0.0362. The van der Waals surface area contributed by atoms with Crippen molar-refractivity contribution in [3.8, 4) is 0 Å². The largest absolute Gasteiger partial charge is 0.329 e. The molecule has 1 heterocycles. The van der Waals surface area contributed by atoms with Gasteiger partial charge in [0.2, 0.25) is 0 Å². The van der Waals surface area contributed by atoms with Gasteiger partial charge in [-0.1, -0.05) is 15.9 Å². The number of benzene rings is 1. The summed E-state index contributed by atoms with van der Waals surface area (Å²) in [6.07, 6.45) is 2.48. The van der Waals surface area contributed by atoms with E-state index in [0.29, 0.717) is 12.6 Å². The van der Waals surface area contributed by atoms with E-state index in [-0.39, 0.29) is 11.9 Å². The van der Waals surface area contributed by atoms with Gasteiger partial charge in [0.15, 0.2) is 0 Å². The average Bonchev–Trinajstić information content (AvgIpc) is 2.80. The maximum atomic E-state index is 13.5. The van der Waals surface area contributed by atoms with Crippen LogP contribution in [0.2, 0.25) is 0 Å². The van der Waals surface area contributed by atoms with Crippen LogP contribution in [-0.4, -0.2) is 49.6 Å². The lowest BCUT2D eigenvalue weighted by atomic mass is 10.0. The Morgan fingerprint density at radius 1 is 1.55 bits per heavy atom. The van der Waals surface area contributed by atoms with Gasteiger partial charge in [-0.15, -0.1) is 0 Å². The molecule has 5 heteroatoms. The molecular weight excluding hydrogens is 321 g/mol. The molecule has 2 unspecified atom stereocenters. The Hall–Kier alpha value is -0.490. The molecule has 1 aliphatic rings. The highest BCUT2D eigenvalue weighted by Crippen LogP contribution is 2.28. The van der Waals surface area contributed by atoms with Gasteiger partial charge in [-0.05, 0) is 57.2 Å². The van der Waals surface area contributed by atoms with Gasteiger partial charge in [-0.25, -0.2) is 4.39 Å². The summed E-state index contributed by atoms with van der Waals surface area (Å²) in [4.78, 5) is 4.64. The molecule has 0 aromatic heterocycles. The molecule has 1 aliphatic heterocycles. The van der Waals surface area contributed by atoms with Gasteiger partial charge in [-0.3, -0.25) is 4.90 Å². The number of rotatable bonds is 5. The van der Waals surface area contributed by atoms with Crippen LogP contribution in [0, 0.1) is 5.82 Å². The molecule has 20 heavy (non-hydrogen) atoms. The predicted octanol–water partition coefficient (Wildman–Crippen LogP) is 2.61. The number of halogens is 2. The zero-order chi connectivity index (χ0) is 14.7. The molecule has 3 nitrogen and oxygen atoms in total. The molecule has 1 aromatic carbocycles. The van der Waals surface area contributed by atoms with E-state index in [1.165, 1.54) is 18.9 Å². The zero-order valence-corrected chi connectivity index (χ0v) is 13.7. The van der Waals surface area contributed by atoms with E-state index in [2.05, 4.69) is 39.8 Å². The number of hydrogen-bond acceptors (Lipinski definition) is 3. The van der Waals surface area contributed by atoms with Crippen LogP contribution in [0.3, 0.4) is 0 Å². The summed E-state index contributed by atoms with van der Waals surface area (Å²) in [5.41, 5.74) is 6.86. The van der Waals surface area contributed by atoms with Crippen LogP contribution in [0.4, 0.5) is 4.39 Å². The fraction of sp³-hybridized carbons (Fsp3) is 0.600. The molecule has 2 rings (SSSR count). The maximum absolute atomic E-state index is 13.5. The number of likely N-dealkylation sites (N-methyl/N-ethyl adjacent to an activating group) is 2. The molecule has 0 saturated carbocycles. The molecular formula is C15H23BrFN3. The number of nitrogens with zero attached hydrogens (tertiary/aromatic N) is 2. The zero-order valence-electron chi connectivity index (χ0n) is 12.1. The molecule has 0 spiro atoms. The summed E-state index contributed by atoms with van der Waals surface area (Å²) in [6.45, 7) is 2.60. The third kappa shape index (κ3) is 3.58. The normalized spacial score (nSPS) is 21.6. The van der Waals surface area contributed by atoms with E-state index < -0.39 is 0 Å². The molecule has 112 valence electrons. The Balaban J connectivity index is 2.12. The number of nitrogens with two attached hydrogens (primary N) is 1. The van der Waals surface area contributed by atoms with Crippen molar-refractivity contribution in [3.05, 3.63) is 34.1 Å². The van der Waals surface area contributed by atoms with E-state index >= 15 is 0 Å². The van der Waals surface area contributed by atoms with Crippen LogP contribution in [0.5, 0.6) is 0 Å². The van der Waals surface area contributed by atoms with Gasteiger partial charge in [0.25, 0.3) is 0 Å². The summed E-state index contributed by atoms with van der Waals surface area (Å²) in [6, 6.07) is 5.40. The van der Waals surface area contributed by atoms with E-state index in [0.717, 1.165) is 23.1 Å². The highest BCUT2D eigenvalue weighted by Gasteiger charge is 2.26. The molecule has 0 aliphatic carbocycles. The fourth-order valence-electron chi connectivity index (χ4n) is 2.98. The lowest BCUT2D eigenvalue weighted by Gasteiger charge is -2.32. The second-order valence-corrected chi connectivity index (χ2v) is 6.49. The molecule has 1 fully saturated rings. The highest BCUT2D eigenvalue weighted by atomic mass is 79.9. The first kappa shape index (κ1) is 15.9. The van der Waals surface area contributed by atoms with Crippen molar-refractivity contribution in [1.29, 1.82) is 0 Å². The smallest absolute Gasteiger partial charge is 0.123 e. The molecule has 0 bridgehead atoms. The van der Waals surface area contributed by atoms with Crippen LogP contribution < -0.4 is 5.73 Å². The summed E-state index contributed by atoms with van der Waals surface area (Å²) in [7, 11) is 4.24. The van der Waals surface area contributed by atoms with E-state index in [4.69, 9.17) is 5.73 Å². The van der Waals surface area contributed by atoms with Crippen LogP contribution in [0.25, 0.3) is 0 Å². The predicted molar refractivity (Wildman–Crippen MR) is 84.2 cm³/mol. The number of hydrogen-bond donors (Lipinski definition) is 1. The van der Waals surface area contributed by atoms with Gasteiger partial charge in [-0.2, -0.15) is 0 Å². The average molecular weight is 344 g/mol. The van der Waals surface area contributed by atoms with Crippen molar-refractivity contribution in [1.82, 2.24) is 9.80 Å². The van der Waals surface area contributed by atoms with Crippen molar-refractivity contribution < 1.29 is 4.39 Å². The Morgan fingerprint density at radius 3 is 2.90 bits per heavy atom. The van der Waals surface area contributed by atoms with Crippen LogP contribution in [-0.2, 0) is 0 Å². The van der Waals surface area contributed by atoms with Crippen molar-refractivity contribution >= 4 is 15.9 Å². The van der Waals surface area contributed by atoms with Crippen molar-refractivity contribution in [2.75, 3.05) is 33.7 Å². The molecule has 0 radical (unpaired) electrons. The summed E-state index contributed by atoms with van der Waals surface area (Å²) in [5.74, 6) is -0.215. The topological polar surface area (TPSA) is 32.5 Å². The van der Waals surface area contributed by atoms with Crippen LogP contribution in [0.1, 0.15) is 24.4 Å². The molecule has 1 aromatic rings. The van der Waals surface area contributed by atoms with E-state index in [1.54, 1.807) is 12.1 Å². The number of likely N-dealkylation sites (tertiary alicyclic amines) is 1. The van der Waals surface area contributed by atoms with Crippen LogP contribution in [0.15, 0.2) is 22.7 Å². The van der Waals surface area contributed by atoms with Crippen molar-refractivity contribution in [2.24, 2.45) is 5.73 Å². The van der Waals surface area contributed by atoms with Gasteiger partial charge >= 0.3 is 0 Å². The molecule has 2 N–H and O–H groups in total. The monoisotopic (exact) mass is 343 g/mol. The Kier molecular flexibility index (Phi) is 5.55. The lowest BCUT2D eigenvalue weighted by Crippen LogP contribution is -2.40.